The van der Waals surface area contributed by atoms with E-state index in [2.05, 4.69) is 10.3 Å². The summed E-state index contributed by atoms with van der Waals surface area (Å²) in [6.45, 7) is 2.04. The Morgan fingerprint density at radius 1 is 0.889 bits per heavy atom. The highest BCUT2D eigenvalue weighted by Gasteiger charge is 2.14. The minimum Gasteiger partial charge on any atom is -0.422 e. The lowest BCUT2D eigenvalue weighted by atomic mass is 10.1. The van der Waals surface area contributed by atoms with Crippen LogP contribution in [0.5, 0.6) is 5.75 Å². The van der Waals surface area contributed by atoms with Crippen LogP contribution in [-0.2, 0) is 0 Å². The van der Waals surface area contributed by atoms with Crippen LogP contribution in [0.4, 0.5) is 0 Å². The zero-order valence-corrected chi connectivity index (χ0v) is 14.7. The van der Waals surface area contributed by atoms with Gasteiger partial charge in [-0.2, -0.15) is 0 Å². The summed E-state index contributed by atoms with van der Waals surface area (Å²) in [4.78, 5) is 12.4. The van der Waals surface area contributed by atoms with Gasteiger partial charge in [-0.05, 0) is 43.3 Å². The summed E-state index contributed by atoms with van der Waals surface area (Å²) in [5.74, 6) is 0.0382. The predicted molar refractivity (Wildman–Crippen MR) is 103 cm³/mol. The van der Waals surface area contributed by atoms with Crippen molar-refractivity contribution in [2.24, 2.45) is 0 Å². The van der Waals surface area contributed by atoms with Gasteiger partial charge in [-0.1, -0.05) is 53.2 Å². The Kier molecular flexibility index (Phi) is 4.49. The van der Waals surface area contributed by atoms with E-state index in [1.807, 2.05) is 61.7 Å². The van der Waals surface area contributed by atoms with Gasteiger partial charge in [0.05, 0.1) is 17.4 Å². The Morgan fingerprint density at radius 3 is 2.37 bits per heavy atom. The van der Waals surface area contributed by atoms with Crippen LogP contribution in [0.15, 0.2) is 85.1 Å². The third-order valence-electron chi connectivity index (χ3n) is 4.17. The van der Waals surface area contributed by atoms with E-state index in [0.717, 1.165) is 5.69 Å². The summed E-state index contributed by atoms with van der Waals surface area (Å²) in [6, 6.07) is 24.2. The number of ether oxygens (including phenoxy) is 1. The van der Waals surface area contributed by atoms with Crippen LogP contribution in [-0.4, -0.2) is 21.0 Å². The summed E-state index contributed by atoms with van der Waals surface area (Å²) in [5, 5.41) is 8.44. The van der Waals surface area contributed by atoms with Crippen molar-refractivity contribution in [1.29, 1.82) is 0 Å². The van der Waals surface area contributed by atoms with Crippen molar-refractivity contribution in [3.8, 4) is 22.7 Å². The minimum absolute atomic E-state index is 0.408. The maximum atomic E-state index is 12.4. The number of nitrogens with zero attached hydrogens (tertiary/aromatic N) is 3. The number of aryl methyl sites for hydroxylation is 1. The highest BCUT2D eigenvalue weighted by Crippen LogP contribution is 2.29. The number of hydrogen-bond acceptors (Lipinski definition) is 4. The van der Waals surface area contributed by atoms with Gasteiger partial charge in [-0.3, -0.25) is 0 Å². The molecule has 0 bridgehead atoms. The molecule has 132 valence electrons. The molecule has 5 nitrogen and oxygen atoms in total. The van der Waals surface area contributed by atoms with Crippen LogP contribution in [0.3, 0.4) is 0 Å². The fourth-order valence-corrected chi connectivity index (χ4v) is 2.71. The molecule has 0 atom stereocenters. The third-order valence-corrected chi connectivity index (χ3v) is 4.17. The molecule has 0 saturated heterocycles. The highest BCUT2D eigenvalue weighted by molar-refractivity contribution is 5.92. The van der Waals surface area contributed by atoms with Gasteiger partial charge in [0.1, 0.15) is 11.4 Å². The first-order chi connectivity index (χ1) is 13.2. The summed E-state index contributed by atoms with van der Waals surface area (Å²) < 4.78 is 7.30. The van der Waals surface area contributed by atoms with Crippen molar-refractivity contribution in [2.45, 2.75) is 6.92 Å². The Morgan fingerprint density at radius 2 is 1.59 bits per heavy atom. The second-order valence-corrected chi connectivity index (χ2v) is 6.14. The van der Waals surface area contributed by atoms with Gasteiger partial charge in [0.2, 0.25) is 0 Å². The van der Waals surface area contributed by atoms with E-state index >= 15 is 0 Å². The highest BCUT2D eigenvalue weighted by atomic mass is 16.5. The molecule has 0 saturated carbocycles. The van der Waals surface area contributed by atoms with Crippen LogP contribution < -0.4 is 4.74 Å². The molecule has 0 aliphatic heterocycles. The molecule has 0 aliphatic rings. The van der Waals surface area contributed by atoms with Crippen molar-refractivity contribution < 1.29 is 9.53 Å². The molecule has 3 aromatic carbocycles. The lowest BCUT2D eigenvalue weighted by Crippen LogP contribution is -2.08. The van der Waals surface area contributed by atoms with E-state index in [4.69, 9.17) is 4.74 Å². The van der Waals surface area contributed by atoms with Crippen molar-refractivity contribution in [3.05, 3.63) is 96.2 Å². The number of para-hydroxylation sites is 1. The Labute approximate surface area is 156 Å². The molecule has 4 aromatic rings. The normalized spacial score (nSPS) is 10.6. The summed E-state index contributed by atoms with van der Waals surface area (Å²) in [6.07, 6.45) is 1.82. The molecule has 0 radical (unpaired) electrons. The summed E-state index contributed by atoms with van der Waals surface area (Å²) in [7, 11) is 0. The van der Waals surface area contributed by atoms with Crippen molar-refractivity contribution in [2.75, 3.05) is 0 Å². The van der Waals surface area contributed by atoms with Crippen LogP contribution in [0.2, 0.25) is 0 Å². The van der Waals surface area contributed by atoms with E-state index in [1.54, 1.807) is 35.0 Å². The van der Waals surface area contributed by atoms with Crippen molar-refractivity contribution in [1.82, 2.24) is 15.0 Å². The lowest BCUT2D eigenvalue weighted by molar-refractivity contribution is 0.0735. The third kappa shape index (κ3) is 3.62. The molecule has 0 fully saturated rings. The number of carbonyl (C=O) groups is 1. The number of hydrogen-bond donors (Lipinski definition) is 0. The van der Waals surface area contributed by atoms with E-state index in [-0.39, 0.29) is 0 Å². The maximum absolute atomic E-state index is 12.4. The monoisotopic (exact) mass is 355 g/mol. The standard InChI is InChI=1S/C22H17N3O2/c1-16-11-13-18(14-12-16)25-15-20(23-24-25)19-9-5-6-10-21(19)27-22(26)17-7-3-2-4-8-17/h2-15H,1H3. The molecule has 1 heterocycles. The molecular weight excluding hydrogens is 338 g/mol. The number of carbonyl (C=O) groups excluding carboxylic acids is 1. The van der Waals surface area contributed by atoms with E-state index in [9.17, 15) is 4.79 Å². The van der Waals surface area contributed by atoms with Crippen LogP contribution in [0, 0.1) is 6.92 Å². The molecule has 4 rings (SSSR count). The zero-order valence-electron chi connectivity index (χ0n) is 14.7. The summed E-state index contributed by atoms with van der Waals surface area (Å²) >= 11 is 0. The number of benzene rings is 3. The van der Waals surface area contributed by atoms with Crippen LogP contribution in [0.25, 0.3) is 16.9 Å². The minimum atomic E-state index is -0.408. The average molecular weight is 355 g/mol. The fourth-order valence-electron chi connectivity index (χ4n) is 2.71. The van der Waals surface area contributed by atoms with E-state index in [1.165, 1.54) is 5.56 Å². The Bertz CT molecular complexity index is 1070. The first-order valence-corrected chi connectivity index (χ1v) is 8.57. The van der Waals surface area contributed by atoms with Gasteiger partial charge in [-0.15, -0.1) is 5.10 Å². The molecule has 0 aliphatic carbocycles. The summed E-state index contributed by atoms with van der Waals surface area (Å²) in [5.41, 5.74) is 3.93. The molecule has 1 aromatic heterocycles. The molecule has 27 heavy (non-hydrogen) atoms. The largest absolute Gasteiger partial charge is 0.422 e. The first-order valence-electron chi connectivity index (χ1n) is 8.57. The van der Waals surface area contributed by atoms with Crippen LogP contribution in [0.1, 0.15) is 15.9 Å². The average Bonchev–Trinajstić information content (AvgIpc) is 3.19. The smallest absolute Gasteiger partial charge is 0.343 e. The van der Waals surface area contributed by atoms with Gasteiger partial charge in [0.25, 0.3) is 0 Å². The fraction of sp³-hybridized carbons (Fsp3) is 0.0455. The molecular formula is C22H17N3O2. The second-order valence-electron chi connectivity index (χ2n) is 6.14. The van der Waals surface area contributed by atoms with Crippen LogP contribution >= 0.6 is 0 Å². The maximum Gasteiger partial charge on any atom is 0.343 e. The molecule has 0 unspecified atom stereocenters. The van der Waals surface area contributed by atoms with Gasteiger partial charge in [0.15, 0.2) is 0 Å². The SMILES string of the molecule is Cc1ccc(-n2cc(-c3ccccc3OC(=O)c3ccccc3)nn2)cc1. The Balaban J connectivity index is 1.63. The molecule has 0 N–H and O–H groups in total. The molecule has 0 amide bonds. The molecule has 0 spiro atoms. The van der Waals surface area contributed by atoms with Gasteiger partial charge < -0.3 is 4.74 Å². The topological polar surface area (TPSA) is 57.0 Å². The Hall–Kier alpha value is -3.73. The van der Waals surface area contributed by atoms with E-state index in [0.29, 0.717) is 22.6 Å². The van der Waals surface area contributed by atoms with Gasteiger partial charge >= 0.3 is 5.97 Å². The van der Waals surface area contributed by atoms with Gasteiger partial charge in [-0.25, -0.2) is 9.48 Å². The lowest BCUT2D eigenvalue weighted by Gasteiger charge is -2.08. The van der Waals surface area contributed by atoms with Crippen molar-refractivity contribution in [3.63, 3.8) is 0 Å². The van der Waals surface area contributed by atoms with E-state index < -0.39 is 5.97 Å². The number of rotatable bonds is 4. The quantitative estimate of drug-likeness (QED) is 0.400. The number of esters is 1. The van der Waals surface area contributed by atoms with Gasteiger partial charge in [0, 0.05) is 5.56 Å². The number of aromatic nitrogens is 3. The first kappa shape index (κ1) is 16.7. The zero-order chi connectivity index (χ0) is 18.6. The molecule has 5 heteroatoms. The predicted octanol–water partition coefficient (Wildman–Crippen LogP) is 4.46. The van der Waals surface area contributed by atoms with Crippen molar-refractivity contribution >= 4 is 5.97 Å². The second kappa shape index (κ2) is 7.25.